The minimum absolute atomic E-state index is 0.0124. The van der Waals surface area contributed by atoms with E-state index in [0.717, 1.165) is 0 Å². The molecule has 8 nitrogen and oxygen atoms in total. The number of ether oxygens (including phenoxy) is 2. The fourth-order valence-corrected chi connectivity index (χ4v) is 4.77. The fraction of sp³-hybridized carbons (Fsp3) is 0.148. The molecule has 4 rings (SSSR count). The van der Waals surface area contributed by atoms with E-state index < -0.39 is 29.5 Å². The number of phenolic OH excluding ortho intramolecular Hbond substituents is 1. The third-order valence-electron chi connectivity index (χ3n) is 5.92. The summed E-state index contributed by atoms with van der Waals surface area (Å²) in [6, 6.07) is 14.1. The van der Waals surface area contributed by atoms with Crippen molar-refractivity contribution in [2.45, 2.75) is 12.5 Å². The molecule has 37 heavy (non-hydrogen) atoms. The van der Waals surface area contributed by atoms with Crippen LogP contribution in [0.25, 0.3) is 5.76 Å². The number of benzene rings is 3. The Bertz CT molecular complexity index is 1390. The summed E-state index contributed by atoms with van der Waals surface area (Å²) >= 11 is 12.5. The third-order valence-corrected chi connectivity index (χ3v) is 6.48. The predicted molar refractivity (Wildman–Crippen MR) is 138 cm³/mol. The Balaban J connectivity index is 1.87. The molecule has 1 atom stereocenters. The molecule has 0 radical (unpaired) electrons. The van der Waals surface area contributed by atoms with Crippen molar-refractivity contribution in [3.63, 3.8) is 0 Å². The second-order valence-corrected chi connectivity index (χ2v) is 8.97. The Labute approximate surface area is 222 Å². The Hall–Kier alpha value is -4.01. The van der Waals surface area contributed by atoms with Gasteiger partial charge in [0.2, 0.25) is 0 Å². The summed E-state index contributed by atoms with van der Waals surface area (Å²) in [5, 5.41) is 21.3. The number of aliphatic hydroxyl groups is 1. The van der Waals surface area contributed by atoms with Crippen molar-refractivity contribution in [1.29, 1.82) is 0 Å². The second kappa shape index (κ2) is 10.5. The standard InChI is InChI=1S/C27H21Cl2NO7/c1-36-21(32)11-14-3-7-17(8-4-14)30-23(15-5-9-18(31)10-6-15)22(25(34)27(30)35)24(33)16-12-19(28)26(37-2)20(29)13-16/h3-10,12-13,23,31,33H,11H2,1-2H3/b24-22+. The molecule has 3 aromatic carbocycles. The van der Waals surface area contributed by atoms with Gasteiger partial charge in [0, 0.05) is 11.3 Å². The summed E-state index contributed by atoms with van der Waals surface area (Å²) in [6.45, 7) is 0. The number of carbonyl (C=O) groups excluding carboxylic acids is 3. The number of phenols is 1. The molecule has 3 aromatic rings. The van der Waals surface area contributed by atoms with Gasteiger partial charge >= 0.3 is 5.97 Å². The minimum Gasteiger partial charge on any atom is -0.508 e. The number of Topliss-reactive ketones (excluding diaryl/α,β-unsaturated/α-hetero) is 1. The zero-order chi connectivity index (χ0) is 26.9. The van der Waals surface area contributed by atoms with Gasteiger partial charge in [0.15, 0.2) is 5.75 Å². The third kappa shape index (κ3) is 4.98. The number of carbonyl (C=O) groups is 3. The van der Waals surface area contributed by atoms with Gasteiger partial charge in [-0.3, -0.25) is 19.3 Å². The maximum absolute atomic E-state index is 13.3. The van der Waals surface area contributed by atoms with E-state index in [-0.39, 0.29) is 39.1 Å². The topological polar surface area (TPSA) is 113 Å². The van der Waals surface area contributed by atoms with Crippen molar-refractivity contribution >= 4 is 52.3 Å². The molecule has 1 saturated heterocycles. The number of hydrogen-bond donors (Lipinski definition) is 2. The number of halogens is 2. The Morgan fingerprint density at radius 1 is 0.973 bits per heavy atom. The molecule has 0 saturated carbocycles. The Morgan fingerprint density at radius 2 is 1.57 bits per heavy atom. The molecule has 1 aliphatic heterocycles. The van der Waals surface area contributed by atoms with Gasteiger partial charge in [0.05, 0.1) is 42.3 Å². The number of amides is 1. The number of ketones is 1. The van der Waals surface area contributed by atoms with Crippen molar-refractivity contribution in [1.82, 2.24) is 0 Å². The van der Waals surface area contributed by atoms with Gasteiger partial charge in [0.1, 0.15) is 11.5 Å². The van der Waals surface area contributed by atoms with Gasteiger partial charge in [-0.05, 0) is 47.5 Å². The lowest BCUT2D eigenvalue weighted by molar-refractivity contribution is -0.139. The summed E-state index contributed by atoms with van der Waals surface area (Å²) < 4.78 is 9.83. The quantitative estimate of drug-likeness (QED) is 0.194. The van der Waals surface area contributed by atoms with E-state index in [1.54, 1.807) is 36.4 Å². The van der Waals surface area contributed by atoms with E-state index in [4.69, 9.17) is 27.9 Å². The van der Waals surface area contributed by atoms with Crippen molar-refractivity contribution in [3.8, 4) is 11.5 Å². The van der Waals surface area contributed by atoms with Gasteiger partial charge < -0.3 is 19.7 Å². The molecule has 1 amide bonds. The first-order chi connectivity index (χ1) is 17.7. The lowest BCUT2D eigenvalue weighted by Crippen LogP contribution is -2.29. The van der Waals surface area contributed by atoms with Gasteiger partial charge in [-0.25, -0.2) is 0 Å². The van der Waals surface area contributed by atoms with Crippen LogP contribution in [-0.4, -0.2) is 42.1 Å². The molecular formula is C27H21Cl2NO7. The van der Waals surface area contributed by atoms with Crippen LogP contribution in [0, 0.1) is 0 Å². The number of anilines is 1. The summed E-state index contributed by atoms with van der Waals surface area (Å²) in [7, 11) is 2.68. The summed E-state index contributed by atoms with van der Waals surface area (Å²) in [4.78, 5) is 39.4. The maximum Gasteiger partial charge on any atom is 0.309 e. The van der Waals surface area contributed by atoms with E-state index in [1.165, 1.54) is 43.4 Å². The van der Waals surface area contributed by atoms with Crippen LogP contribution in [0.5, 0.6) is 11.5 Å². The number of esters is 1. The van der Waals surface area contributed by atoms with Crippen LogP contribution >= 0.6 is 23.2 Å². The number of rotatable bonds is 6. The molecule has 10 heteroatoms. The summed E-state index contributed by atoms with van der Waals surface area (Å²) in [6.07, 6.45) is 0.0377. The normalized spacial score (nSPS) is 16.6. The Kier molecular flexibility index (Phi) is 7.42. The maximum atomic E-state index is 13.3. The van der Waals surface area contributed by atoms with Gasteiger partial charge in [0.25, 0.3) is 11.7 Å². The molecule has 0 bridgehead atoms. The first kappa shape index (κ1) is 26.1. The van der Waals surface area contributed by atoms with Crippen LogP contribution < -0.4 is 9.64 Å². The largest absolute Gasteiger partial charge is 0.508 e. The summed E-state index contributed by atoms with van der Waals surface area (Å²) in [5.74, 6) is -2.51. The van der Waals surface area contributed by atoms with Gasteiger partial charge in [-0.15, -0.1) is 0 Å². The first-order valence-corrected chi connectivity index (χ1v) is 11.7. The van der Waals surface area contributed by atoms with Crippen molar-refractivity contribution < 1.29 is 34.1 Å². The minimum atomic E-state index is -1.04. The van der Waals surface area contributed by atoms with E-state index in [0.29, 0.717) is 16.8 Å². The molecule has 1 unspecified atom stereocenters. The average Bonchev–Trinajstić information content (AvgIpc) is 3.14. The van der Waals surface area contributed by atoms with E-state index in [1.807, 2.05) is 0 Å². The highest BCUT2D eigenvalue weighted by Crippen LogP contribution is 2.44. The van der Waals surface area contributed by atoms with Crippen molar-refractivity contribution in [2.24, 2.45) is 0 Å². The average molecular weight is 542 g/mol. The summed E-state index contributed by atoms with van der Waals surface area (Å²) in [5.41, 5.74) is 1.40. The number of aromatic hydroxyl groups is 1. The highest BCUT2D eigenvalue weighted by Gasteiger charge is 2.47. The lowest BCUT2D eigenvalue weighted by atomic mass is 9.95. The molecule has 1 heterocycles. The lowest BCUT2D eigenvalue weighted by Gasteiger charge is -2.25. The molecule has 0 aliphatic carbocycles. The van der Waals surface area contributed by atoms with Crippen LogP contribution in [0.3, 0.4) is 0 Å². The number of nitrogens with zero attached hydrogens (tertiary/aromatic N) is 1. The van der Waals surface area contributed by atoms with E-state index in [9.17, 15) is 24.6 Å². The SMILES string of the molecule is COC(=O)Cc1ccc(N2C(=O)C(=O)/C(=C(/O)c3cc(Cl)c(OC)c(Cl)c3)C2c2ccc(O)cc2)cc1. The zero-order valence-electron chi connectivity index (χ0n) is 19.7. The molecule has 0 spiro atoms. The molecule has 1 aliphatic rings. The van der Waals surface area contributed by atoms with Crippen molar-refractivity contribution in [3.05, 3.63) is 93.0 Å². The smallest absolute Gasteiger partial charge is 0.309 e. The van der Waals surface area contributed by atoms with Crippen LogP contribution in [-0.2, 0) is 25.5 Å². The van der Waals surface area contributed by atoms with Crippen molar-refractivity contribution in [2.75, 3.05) is 19.1 Å². The van der Waals surface area contributed by atoms with Crippen LogP contribution in [0.1, 0.15) is 22.7 Å². The van der Waals surface area contributed by atoms with Gasteiger partial charge in [-0.2, -0.15) is 0 Å². The number of aliphatic hydroxyl groups excluding tert-OH is 1. The van der Waals surface area contributed by atoms with Gasteiger partial charge in [-0.1, -0.05) is 47.5 Å². The number of hydrogen-bond acceptors (Lipinski definition) is 7. The van der Waals surface area contributed by atoms with Crippen LogP contribution in [0.4, 0.5) is 5.69 Å². The predicted octanol–water partition coefficient (Wildman–Crippen LogP) is 5.05. The molecule has 2 N–H and O–H groups in total. The fourth-order valence-electron chi connectivity index (χ4n) is 4.13. The van der Waals surface area contributed by atoms with Crippen LogP contribution in [0.15, 0.2) is 66.2 Å². The Morgan fingerprint density at radius 3 is 2.11 bits per heavy atom. The molecular weight excluding hydrogens is 521 g/mol. The molecule has 0 aromatic heterocycles. The van der Waals surface area contributed by atoms with E-state index in [2.05, 4.69) is 4.74 Å². The first-order valence-electron chi connectivity index (χ1n) is 10.9. The highest BCUT2D eigenvalue weighted by molar-refractivity contribution is 6.51. The van der Waals surface area contributed by atoms with Crippen LogP contribution in [0.2, 0.25) is 10.0 Å². The molecule has 1 fully saturated rings. The highest BCUT2D eigenvalue weighted by atomic mass is 35.5. The molecule has 190 valence electrons. The zero-order valence-corrected chi connectivity index (χ0v) is 21.2. The second-order valence-electron chi connectivity index (χ2n) is 8.15. The monoisotopic (exact) mass is 541 g/mol. The number of methoxy groups -OCH3 is 2. The van der Waals surface area contributed by atoms with E-state index >= 15 is 0 Å².